The van der Waals surface area contributed by atoms with Crippen LogP contribution in [0.1, 0.15) is 16.2 Å². The summed E-state index contributed by atoms with van der Waals surface area (Å²) >= 11 is 0. The van der Waals surface area contributed by atoms with Gasteiger partial charge in [-0.15, -0.1) is 0 Å². The van der Waals surface area contributed by atoms with Crippen molar-refractivity contribution in [3.05, 3.63) is 70.3 Å². The highest BCUT2D eigenvalue weighted by Crippen LogP contribution is 2.28. The number of carbonyl (C=O) groups is 1. The third-order valence-corrected chi connectivity index (χ3v) is 3.85. The Morgan fingerprint density at radius 1 is 1.15 bits per heavy atom. The van der Waals surface area contributed by atoms with Gasteiger partial charge in [-0.2, -0.15) is 5.10 Å². The lowest BCUT2D eigenvalue weighted by atomic mass is 10.2. The van der Waals surface area contributed by atoms with Crippen LogP contribution < -0.4 is 10.9 Å². The van der Waals surface area contributed by atoms with E-state index < -0.39 is 5.91 Å². The van der Waals surface area contributed by atoms with Crippen molar-refractivity contribution in [2.75, 3.05) is 0 Å². The van der Waals surface area contributed by atoms with Crippen LogP contribution in [0.15, 0.2) is 62.3 Å². The van der Waals surface area contributed by atoms with Crippen LogP contribution in [-0.4, -0.2) is 20.8 Å². The summed E-state index contributed by atoms with van der Waals surface area (Å²) in [6.07, 6.45) is 0. The fraction of sp³-hybridized carbons (Fsp3) is 0.111. The van der Waals surface area contributed by atoms with E-state index >= 15 is 0 Å². The lowest BCUT2D eigenvalue weighted by Crippen LogP contribution is -2.28. The van der Waals surface area contributed by atoms with Crippen LogP contribution in [0, 0.1) is 0 Å². The quantitative estimate of drug-likeness (QED) is 0.605. The van der Waals surface area contributed by atoms with Gasteiger partial charge in [-0.3, -0.25) is 9.59 Å². The van der Waals surface area contributed by atoms with Crippen molar-refractivity contribution >= 4 is 16.9 Å². The van der Waals surface area contributed by atoms with Crippen LogP contribution in [0.5, 0.6) is 0 Å². The molecule has 1 amide bonds. The topological polar surface area (TPSA) is 103 Å². The van der Waals surface area contributed by atoms with Crippen LogP contribution in [0.4, 0.5) is 0 Å². The Kier molecular flexibility index (Phi) is 3.85. The standard InChI is InChI=1S/C18H14N4O4/c1-22-17(23)7-6-13(20-22)18(24)19-10-12-9-16(26-21-12)15-8-11-4-2-3-5-14(11)25-15/h2-9H,10H2,1H3,(H,19,24). The van der Waals surface area contributed by atoms with Crippen molar-refractivity contribution in [1.29, 1.82) is 0 Å². The van der Waals surface area contributed by atoms with Crippen molar-refractivity contribution in [3.8, 4) is 11.5 Å². The van der Waals surface area contributed by atoms with Crippen LogP contribution in [0.25, 0.3) is 22.5 Å². The number of fused-ring (bicyclic) bond motifs is 1. The minimum absolute atomic E-state index is 0.146. The van der Waals surface area contributed by atoms with E-state index in [0.717, 1.165) is 15.7 Å². The van der Waals surface area contributed by atoms with Gasteiger partial charge >= 0.3 is 0 Å². The number of para-hydroxylation sites is 1. The minimum Gasteiger partial charge on any atom is -0.453 e. The zero-order valence-corrected chi connectivity index (χ0v) is 13.8. The Balaban J connectivity index is 1.47. The number of nitrogens with one attached hydrogen (secondary N) is 1. The normalized spacial score (nSPS) is 11.0. The molecule has 0 radical (unpaired) electrons. The highest BCUT2D eigenvalue weighted by Gasteiger charge is 2.14. The van der Waals surface area contributed by atoms with Gasteiger partial charge in [0.2, 0.25) is 5.76 Å². The first-order valence-electron chi connectivity index (χ1n) is 7.87. The molecule has 0 aliphatic rings. The number of benzene rings is 1. The molecule has 0 atom stereocenters. The average molecular weight is 350 g/mol. The highest BCUT2D eigenvalue weighted by molar-refractivity contribution is 5.91. The van der Waals surface area contributed by atoms with Gasteiger partial charge in [0, 0.05) is 24.6 Å². The molecule has 0 spiro atoms. The monoisotopic (exact) mass is 350 g/mol. The Morgan fingerprint density at radius 3 is 2.81 bits per heavy atom. The van der Waals surface area contributed by atoms with Gasteiger partial charge in [-0.25, -0.2) is 4.68 Å². The minimum atomic E-state index is -0.408. The molecular weight excluding hydrogens is 336 g/mol. The van der Waals surface area contributed by atoms with Gasteiger partial charge in [-0.05, 0) is 18.2 Å². The van der Waals surface area contributed by atoms with Crippen LogP contribution in [-0.2, 0) is 13.6 Å². The summed E-state index contributed by atoms with van der Waals surface area (Å²) in [6, 6.07) is 13.9. The Morgan fingerprint density at radius 2 is 2.00 bits per heavy atom. The van der Waals surface area contributed by atoms with Crippen molar-refractivity contribution in [1.82, 2.24) is 20.3 Å². The molecule has 0 bridgehead atoms. The maximum Gasteiger partial charge on any atom is 0.272 e. The second kappa shape index (κ2) is 6.32. The fourth-order valence-corrected chi connectivity index (χ4v) is 2.50. The SMILES string of the molecule is Cn1nc(C(=O)NCc2cc(-c3cc4ccccc4o3)on2)ccc1=O. The molecule has 26 heavy (non-hydrogen) atoms. The third kappa shape index (κ3) is 3.00. The maximum atomic E-state index is 12.1. The summed E-state index contributed by atoms with van der Waals surface area (Å²) < 4.78 is 12.1. The largest absolute Gasteiger partial charge is 0.453 e. The number of nitrogens with zero attached hydrogens (tertiary/aromatic N) is 3. The van der Waals surface area contributed by atoms with E-state index in [2.05, 4.69) is 15.6 Å². The lowest BCUT2D eigenvalue weighted by Gasteiger charge is -2.03. The summed E-state index contributed by atoms with van der Waals surface area (Å²) in [7, 11) is 1.48. The van der Waals surface area contributed by atoms with E-state index in [9.17, 15) is 9.59 Å². The number of hydrogen-bond acceptors (Lipinski definition) is 6. The number of hydrogen-bond donors (Lipinski definition) is 1. The molecule has 1 N–H and O–H groups in total. The van der Waals surface area contributed by atoms with Crippen LogP contribution >= 0.6 is 0 Å². The summed E-state index contributed by atoms with van der Waals surface area (Å²) in [5.41, 5.74) is 1.16. The van der Waals surface area contributed by atoms with E-state index in [-0.39, 0.29) is 17.8 Å². The molecule has 4 rings (SSSR count). The van der Waals surface area contributed by atoms with Gasteiger partial charge in [-0.1, -0.05) is 23.4 Å². The first-order chi connectivity index (χ1) is 12.6. The smallest absolute Gasteiger partial charge is 0.272 e. The molecule has 4 aromatic rings. The maximum absolute atomic E-state index is 12.1. The zero-order chi connectivity index (χ0) is 18.1. The van der Waals surface area contributed by atoms with Gasteiger partial charge < -0.3 is 14.3 Å². The van der Waals surface area contributed by atoms with Crippen molar-refractivity contribution in [2.24, 2.45) is 7.05 Å². The predicted octanol–water partition coefficient (Wildman–Crippen LogP) is 2.11. The molecule has 0 unspecified atom stereocenters. The molecule has 0 fully saturated rings. The molecule has 0 aliphatic carbocycles. The van der Waals surface area contributed by atoms with Crippen LogP contribution in [0.3, 0.4) is 0 Å². The summed E-state index contributed by atoms with van der Waals surface area (Å²) in [5, 5.41) is 11.5. The number of rotatable bonds is 4. The molecule has 130 valence electrons. The van der Waals surface area contributed by atoms with E-state index in [0.29, 0.717) is 17.2 Å². The second-order valence-corrected chi connectivity index (χ2v) is 5.69. The lowest BCUT2D eigenvalue weighted by molar-refractivity contribution is 0.0942. The summed E-state index contributed by atoms with van der Waals surface area (Å²) in [5.74, 6) is 0.635. The fourth-order valence-electron chi connectivity index (χ4n) is 2.50. The molecule has 0 saturated carbocycles. The number of carbonyl (C=O) groups excluding carboxylic acids is 1. The predicted molar refractivity (Wildman–Crippen MR) is 92.4 cm³/mol. The molecule has 0 aliphatic heterocycles. The van der Waals surface area contributed by atoms with E-state index in [1.54, 1.807) is 6.07 Å². The number of aryl methyl sites for hydroxylation is 1. The van der Waals surface area contributed by atoms with Crippen molar-refractivity contribution in [2.45, 2.75) is 6.54 Å². The Labute approximate surface area is 147 Å². The Hall–Kier alpha value is -3.68. The average Bonchev–Trinajstić information content (AvgIpc) is 3.28. The van der Waals surface area contributed by atoms with Gasteiger partial charge in [0.05, 0.1) is 6.54 Å². The first-order valence-corrected chi connectivity index (χ1v) is 7.87. The van der Waals surface area contributed by atoms with Gasteiger partial charge in [0.15, 0.2) is 5.76 Å². The molecule has 3 aromatic heterocycles. The second-order valence-electron chi connectivity index (χ2n) is 5.69. The highest BCUT2D eigenvalue weighted by atomic mass is 16.5. The van der Waals surface area contributed by atoms with E-state index in [1.165, 1.54) is 19.2 Å². The number of furan rings is 1. The third-order valence-electron chi connectivity index (χ3n) is 3.85. The summed E-state index contributed by atoms with van der Waals surface area (Å²) in [4.78, 5) is 23.4. The van der Waals surface area contributed by atoms with Crippen LogP contribution in [0.2, 0.25) is 0 Å². The first kappa shape index (κ1) is 15.8. The van der Waals surface area contributed by atoms with Crippen molar-refractivity contribution < 1.29 is 13.7 Å². The number of amides is 1. The molecule has 8 nitrogen and oxygen atoms in total. The van der Waals surface area contributed by atoms with E-state index in [1.807, 2.05) is 30.3 Å². The molecular formula is C18H14N4O4. The molecule has 1 aromatic carbocycles. The van der Waals surface area contributed by atoms with E-state index in [4.69, 9.17) is 8.94 Å². The molecule has 8 heteroatoms. The molecule has 3 heterocycles. The van der Waals surface area contributed by atoms with Gasteiger partial charge in [0.1, 0.15) is 17.0 Å². The van der Waals surface area contributed by atoms with Gasteiger partial charge in [0.25, 0.3) is 11.5 Å². The zero-order valence-electron chi connectivity index (χ0n) is 13.8. The Bertz CT molecular complexity index is 1120. The molecule has 0 saturated heterocycles. The summed E-state index contributed by atoms with van der Waals surface area (Å²) in [6.45, 7) is 0.160. The van der Waals surface area contributed by atoms with Crippen molar-refractivity contribution in [3.63, 3.8) is 0 Å². The number of aromatic nitrogens is 3.